The lowest BCUT2D eigenvalue weighted by Gasteiger charge is -2.37. The van der Waals surface area contributed by atoms with E-state index in [0.717, 1.165) is 0 Å². The zero-order valence-electron chi connectivity index (χ0n) is 12.9. The van der Waals surface area contributed by atoms with E-state index in [1.54, 1.807) is 36.1 Å². The van der Waals surface area contributed by atoms with Gasteiger partial charge in [-0.15, -0.1) is 0 Å². The van der Waals surface area contributed by atoms with E-state index in [1.807, 2.05) is 13.0 Å². The molecule has 2 amide bonds. The number of nitrogens with one attached hydrogen (secondary N) is 1. The van der Waals surface area contributed by atoms with Gasteiger partial charge in [-0.25, -0.2) is 0 Å². The topological polar surface area (TPSA) is 76.4 Å². The molecule has 1 atom stereocenters. The molecule has 6 nitrogen and oxygen atoms in total. The fraction of sp³-hybridized carbons (Fsp3) is 0.438. The molecule has 2 rings (SSSR count). The summed E-state index contributed by atoms with van der Waals surface area (Å²) >= 11 is 0. The molecule has 0 aliphatic carbocycles. The van der Waals surface area contributed by atoms with Crippen molar-refractivity contribution in [2.45, 2.75) is 19.9 Å². The molecule has 1 aliphatic heterocycles. The maximum absolute atomic E-state index is 12.3. The van der Waals surface area contributed by atoms with Crippen LogP contribution < -0.4 is 5.32 Å². The average molecular weight is 300 g/mol. The zero-order valence-corrected chi connectivity index (χ0v) is 12.9. The number of carbonyl (C=O) groups excluding carboxylic acids is 2. The minimum absolute atomic E-state index is 0.0781. The number of hydrogen-bond donors (Lipinski definition) is 1. The van der Waals surface area contributed by atoms with Gasteiger partial charge in [0.05, 0.1) is 17.7 Å². The Morgan fingerprint density at radius 1 is 1.18 bits per heavy atom. The van der Waals surface area contributed by atoms with E-state index in [2.05, 4.69) is 10.2 Å². The Labute approximate surface area is 130 Å². The standard InChI is InChI=1S/C16H20N4O2/c1-12(19-7-9-20(10-8-19)13(2)21)16(22)18-15-5-3-14(11-17)4-6-15/h3-6,12H,7-10H2,1-2H3,(H,18,22)/t12-/m0/s1. The van der Waals surface area contributed by atoms with Gasteiger partial charge in [-0.05, 0) is 31.2 Å². The predicted molar refractivity (Wildman–Crippen MR) is 83.1 cm³/mol. The van der Waals surface area contributed by atoms with Gasteiger partial charge in [0.15, 0.2) is 0 Å². The Balaban J connectivity index is 1.89. The van der Waals surface area contributed by atoms with E-state index in [0.29, 0.717) is 37.4 Å². The van der Waals surface area contributed by atoms with Crippen molar-refractivity contribution in [1.29, 1.82) is 5.26 Å². The van der Waals surface area contributed by atoms with Gasteiger partial charge in [0.2, 0.25) is 11.8 Å². The summed E-state index contributed by atoms with van der Waals surface area (Å²) in [6.07, 6.45) is 0. The van der Waals surface area contributed by atoms with Crippen LogP contribution in [-0.2, 0) is 9.59 Å². The summed E-state index contributed by atoms with van der Waals surface area (Å²) in [5.41, 5.74) is 1.24. The highest BCUT2D eigenvalue weighted by atomic mass is 16.2. The molecular formula is C16H20N4O2. The minimum atomic E-state index is -0.259. The first-order valence-corrected chi connectivity index (χ1v) is 7.32. The van der Waals surface area contributed by atoms with Crippen LogP contribution in [0.15, 0.2) is 24.3 Å². The fourth-order valence-electron chi connectivity index (χ4n) is 2.46. The fourth-order valence-corrected chi connectivity index (χ4v) is 2.46. The van der Waals surface area contributed by atoms with Crippen molar-refractivity contribution in [2.24, 2.45) is 0 Å². The maximum atomic E-state index is 12.3. The number of benzene rings is 1. The van der Waals surface area contributed by atoms with Gasteiger partial charge < -0.3 is 10.2 Å². The number of piperazine rings is 1. The van der Waals surface area contributed by atoms with Gasteiger partial charge in [-0.3, -0.25) is 14.5 Å². The van der Waals surface area contributed by atoms with E-state index in [4.69, 9.17) is 5.26 Å². The molecule has 0 spiro atoms. The SMILES string of the molecule is CC(=O)N1CCN([C@@H](C)C(=O)Nc2ccc(C#N)cc2)CC1. The van der Waals surface area contributed by atoms with Crippen LogP contribution in [0.3, 0.4) is 0 Å². The van der Waals surface area contributed by atoms with E-state index in [1.165, 1.54) is 0 Å². The third-order valence-electron chi connectivity index (χ3n) is 3.97. The van der Waals surface area contributed by atoms with Crippen LogP contribution >= 0.6 is 0 Å². The summed E-state index contributed by atoms with van der Waals surface area (Å²) in [6, 6.07) is 8.57. The number of anilines is 1. The maximum Gasteiger partial charge on any atom is 0.241 e. The smallest absolute Gasteiger partial charge is 0.241 e. The Morgan fingerprint density at radius 2 is 1.77 bits per heavy atom. The summed E-state index contributed by atoms with van der Waals surface area (Å²) in [4.78, 5) is 27.5. The second-order valence-electron chi connectivity index (χ2n) is 5.40. The lowest BCUT2D eigenvalue weighted by molar-refractivity contribution is -0.131. The molecule has 0 bridgehead atoms. The van der Waals surface area contributed by atoms with Crippen molar-refractivity contribution < 1.29 is 9.59 Å². The molecule has 1 aromatic rings. The van der Waals surface area contributed by atoms with Gasteiger partial charge in [0.25, 0.3) is 0 Å². The van der Waals surface area contributed by atoms with Gasteiger partial charge in [-0.1, -0.05) is 0 Å². The number of nitriles is 1. The van der Waals surface area contributed by atoms with Crippen molar-refractivity contribution in [3.63, 3.8) is 0 Å². The lowest BCUT2D eigenvalue weighted by Crippen LogP contribution is -2.53. The molecule has 1 saturated heterocycles. The summed E-state index contributed by atoms with van der Waals surface area (Å²) in [5.74, 6) is -0.00433. The molecule has 0 radical (unpaired) electrons. The summed E-state index contributed by atoms with van der Waals surface area (Å²) < 4.78 is 0. The molecule has 0 aromatic heterocycles. The van der Waals surface area contributed by atoms with E-state index in [-0.39, 0.29) is 17.9 Å². The van der Waals surface area contributed by atoms with Gasteiger partial charge in [0, 0.05) is 38.8 Å². The molecule has 1 fully saturated rings. The Kier molecular flexibility index (Phi) is 5.12. The van der Waals surface area contributed by atoms with Crippen LogP contribution in [0, 0.1) is 11.3 Å². The molecule has 0 saturated carbocycles. The van der Waals surface area contributed by atoms with Gasteiger partial charge in [-0.2, -0.15) is 5.26 Å². The third-order valence-corrected chi connectivity index (χ3v) is 3.97. The van der Waals surface area contributed by atoms with Crippen molar-refractivity contribution in [2.75, 3.05) is 31.5 Å². The highest BCUT2D eigenvalue weighted by Crippen LogP contribution is 2.12. The first-order chi connectivity index (χ1) is 10.5. The number of carbonyl (C=O) groups is 2. The quantitative estimate of drug-likeness (QED) is 0.905. The normalized spacial score (nSPS) is 16.7. The van der Waals surface area contributed by atoms with Crippen molar-refractivity contribution in [1.82, 2.24) is 9.80 Å². The average Bonchev–Trinajstić information content (AvgIpc) is 2.55. The van der Waals surface area contributed by atoms with E-state index < -0.39 is 0 Å². The Bertz CT molecular complexity index is 583. The van der Waals surface area contributed by atoms with Crippen LogP contribution in [0.4, 0.5) is 5.69 Å². The molecule has 1 aromatic carbocycles. The number of nitrogens with zero attached hydrogens (tertiary/aromatic N) is 3. The molecule has 1 heterocycles. The molecule has 1 N–H and O–H groups in total. The molecule has 22 heavy (non-hydrogen) atoms. The van der Waals surface area contributed by atoms with Crippen molar-refractivity contribution in [3.8, 4) is 6.07 Å². The van der Waals surface area contributed by atoms with Crippen LogP contribution in [0.1, 0.15) is 19.4 Å². The lowest BCUT2D eigenvalue weighted by atomic mass is 10.2. The Morgan fingerprint density at radius 3 is 2.27 bits per heavy atom. The minimum Gasteiger partial charge on any atom is -0.340 e. The molecular weight excluding hydrogens is 280 g/mol. The van der Waals surface area contributed by atoms with Gasteiger partial charge in [0.1, 0.15) is 0 Å². The number of amides is 2. The Hall–Kier alpha value is -2.39. The second-order valence-corrected chi connectivity index (χ2v) is 5.40. The van der Waals surface area contributed by atoms with E-state index >= 15 is 0 Å². The van der Waals surface area contributed by atoms with Crippen molar-refractivity contribution >= 4 is 17.5 Å². The molecule has 116 valence electrons. The van der Waals surface area contributed by atoms with Crippen LogP contribution in [0.2, 0.25) is 0 Å². The van der Waals surface area contributed by atoms with Crippen LogP contribution in [0.5, 0.6) is 0 Å². The van der Waals surface area contributed by atoms with Crippen LogP contribution in [0.25, 0.3) is 0 Å². The summed E-state index contributed by atoms with van der Waals surface area (Å²) in [7, 11) is 0. The number of rotatable bonds is 3. The summed E-state index contributed by atoms with van der Waals surface area (Å²) in [5, 5.41) is 11.6. The predicted octanol–water partition coefficient (Wildman–Crippen LogP) is 1.05. The zero-order chi connectivity index (χ0) is 16.1. The second kappa shape index (κ2) is 7.05. The monoisotopic (exact) mass is 300 g/mol. The molecule has 0 unspecified atom stereocenters. The van der Waals surface area contributed by atoms with Crippen molar-refractivity contribution in [3.05, 3.63) is 29.8 Å². The number of hydrogen-bond acceptors (Lipinski definition) is 4. The highest BCUT2D eigenvalue weighted by Gasteiger charge is 2.26. The first kappa shape index (κ1) is 16.0. The molecule has 6 heteroatoms. The van der Waals surface area contributed by atoms with E-state index in [9.17, 15) is 9.59 Å². The molecule has 1 aliphatic rings. The first-order valence-electron chi connectivity index (χ1n) is 7.32. The highest BCUT2D eigenvalue weighted by molar-refractivity contribution is 5.94. The third kappa shape index (κ3) is 3.83. The largest absolute Gasteiger partial charge is 0.340 e. The summed E-state index contributed by atoms with van der Waals surface area (Å²) in [6.45, 7) is 6.13. The van der Waals surface area contributed by atoms with Crippen LogP contribution in [-0.4, -0.2) is 53.8 Å². The van der Waals surface area contributed by atoms with Gasteiger partial charge >= 0.3 is 0 Å².